The molecule has 12 heavy (non-hydrogen) atoms. The molecule has 1 aromatic heterocycles. The Labute approximate surface area is 77.3 Å². The van der Waals surface area contributed by atoms with Crippen LogP contribution in [-0.4, -0.2) is 10.1 Å². The van der Waals surface area contributed by atoms with Gasteiger partial charge in [0.05, 0.1) is 5.69 Å². The van der Waals surface area contributed by atoms with E-state index in [1.807, 2.05) is 5.38 Å². The monoisotopic (exact) mass is 185 g/mol. The molecule has 0 spiro atoms. The van der Waals surface area contributed by atoms with Gasteiger partial charge >= 0.3 is 0 Å². The lowest BCUT2D eigenvalue weighted by molar-refractivity contribution is 0.198. The summed E-state index contributed by atoms with van der Waals surface area (Å²) >= 11 is 1.54. The van der Waals surface area contributed by atoms with Gasteiger partial charge in [0.15, 0.2) is 0 Å². The van der Waals surface area contributed by atoms with E-state index in [0.29, 0.717) is 5.92 Å². The Morgan fingerprint density at radius 2 is 2.25 bits per heavy atom. The van der Waals surface area contributed by atoms with Crippen LogP contribution in [0.1, 0.15) is 49.9 Å². The largest absolute Gasteiger partial charge is 0.386 e. The van der Waals surface area contributed by atoms with Crippen LogP contribution in [0.25, 0.3) is 0 Å². The summed E-state index contributed by atoms with van der Waals surface area (Å²) in [7, 11) is 0. The molecule has 0 aliphatic rings. The second kappa shape index (κ2) is 4.01. The van der Waals surface area contributed by atoms with E-state index in [-0.39, 0.29) is 0 Å². The second-order valence-corrected chi connectivity index (χ2v) is 3.99. The van der Waals surface area contributed by atoms with Crippen LogP contribution >= 0.6 is 11.3 Å². The zero-order valence-corrected chi connectivity index (χ0v) is 8.56. The Balaban J connectivity index is 2.77. The Kier molecular flexibility index (Phi) is 3.23. The van der Waals surface area contributed by atoms with Gasteiger partial charge in [-0.25, -0.2) is 4.98 Å². The molecule has 2 unspecified atom stereocenters. The molecule has 68 valence electrons. The topological polar surface area (TPSA) is 33.1 Å². The van der Waals surface area contributed by atoms with Crippen LogP contribution in [0.4, 0.5) is 0 Å². The Hall–Kier alpha value is -0.410. The van der Waals surface area contributed by atoms with Crippen LogP contribution in [0.5, 0.6) is 0 Å². The molecule has 0 bridgehead atoms. The molecule has 0 saturated carbocycles. The predicted octanol–water partition coefficient (Wildman–Crippen LogP) is 2.71. The number of rotatable bonds is 3. The number of thiazole rings is 1. The molecule has 0 aliphatic carbocycles. The van der Waals surface area contributed by atoms with Gasteiger partial charge in [0.2, 0.25) is 0 Å². The summed E-state index contributed by atoms with van der Waals surface area (Å²) in [6, 6.07) is 0. The summed E-state index contributed by atoms with van der Waals surface area (Å²) in [4.78, 5) is 4.35. The van der Waals surface area contributed by atoms with Crippen molar-refractivity contribution in [3.63, 3.8) is 0 Å². The first kappa shape index (κ1) is 9.68. The van der Waals surface area contributed by atoms with E-state index in [1.165, 1.54) is 0 Å². The minimum absolute atomic E-state index is 0.423. The van der Waals surface area contributed by atoms with Crippen molar-refractivity contribution in [3.8, 4) is 0 Å². The lowest BCUT2D eigenvalue weighted by atomic mass is 10.1. The molecular weight excluding hydrogens is 170 g/mol. The summed E-state index contributed by atoms with van der Waals surface area (Å²) in [5.41, 5.74) is 1.11. The number of aliphatic hydroxyl groups excluding tert-OH is 1. The number of aromatic nitrogens is 1. The van der Waals surface area contributed by atoms with Gasteiger partial charge in [-0.1, -0.05) is 13.8 Å². The predicted molar refractivity (Wildman–Crippen MR) is 51.5 cm³/mol. The van der Waals surface area contributed by atoms with Crippen molar-refractivity contribution in [1.82, 2.24) is 4.98 Å². The third kappa shape index (κ3) is 2.05. The third-order valence-electron chi connectivity index (χ3n) is 2.01. The molecule has 1 rings (SSSR count). The van der Waals surface area contributed by atoms with Gasteiger partial charge in [-0.3, -0.25) is 0 Å². The lowest BCUT2D eigenvalue weighted by Gasteiger charge is -2.02. The number of nitrogens with zero attached hydrogens (tertiary/aromatic N) is 1. The van der Waals surface area contributed by atoms with Crippen LogP contribution in [0.3, 0.4) is 0 Å². The van der Waals surface area contributed by atoms with Crippen LogP contribution in [0, 0.1) is 0 Å². The van der Waals surface area contributed by atoms with Crippen LogP contribution in [0.2, 0.25) is 0 Å². The van der Waals surface area contributed by atoms with Gasteiger partial charge in [0.1, 0.15) is 11.1 Å². The fourth-order valence-corrected chi connectivity index (χ4v) is 1.81. The highest BCUT2D eigenvalue weighted by atomic mass is 32.1. The molecule has 0 saturated heterocycles. The van der Waals surface area contributed by atoms with E-state index in [9.17, 15) is 5.11 Å². The average Bonchev–Trinajstić information content (AvgIpc) is 2.51. The van der Waals surface area contributed by atoms with Crippen molar-refractivity contribution in [1.29, 1.82) is 0 Å². The second-order valence-electron chi connectivity index (χ2n) is 3.10. The molecule has 1 N–H and O–H groups in total. The molecule has 0 aromatic carbocycles. The number of hydrogen-bond donors (Lipinski definition) is 1. The van der Waals surface area contributed by atoms with E-state index in [4.69, 9.17) is 0 Å². The smallest absolute Gasteiger partial charge is 0.121 e. The summed E-state index contributed by atoms with van der Waals surface area (Å²) in [6.07, 6.45) is 0.677. The Morgan fingerprint density at radius 1 is 1.58 bits per heavy atom. The quantitative estimate of drug-likeness (QED) is 0.785. The minimum Gasteiger partial charge on any atom is -0.386 e. The maximum atomic E-state index is 9.24. The van der Waals surface area contributed by atoms with Gasteiger partial charge in [-0.2, -0.15) is 0 Å². The normalized spacial score (nSPS) is 16.0. The highest BCUT2D eigenvalue weighted by Gasteiger charge is 2.10. The van der Waals surface area contributed by atoms with Crippen molar-refractivity contribution in [2.75, 3.05) is 0 Å². The van der Waals surface area contributed by atoms with Gasteiger partial charge in [-0.05, 0) is 19.3 Å². The average molecular weight is 185 g/mol. The molecular formula is C9H15NOS. The van der Waals surface area contributed by atoms with E-state index in [0.717, 1.165) is 17.1 Å². The van der Waals surface area contributed by atoms with E-state index in [1.54, 1.807) is 18.3 Å². The standard InChI is InChI=1S/C9H15NOS/c1-4-6(2)8-5-12-9(10-8)7(3)11/h5-7,11H,4H2,1-3H3. The Morgan fingerprint density at radius 3 is 2.67 bits per heavy atom. The minimum atomic E-state index is -0.423. The lowest BCUT2D eigenvalue weighted by Crippen LogP contribution is -1.94. The number of hydrogen-bond acceptors (Lipinski definition) is 3. The van der Waals surface area contributed by atoms with E-state index >= 15 is 0 Å². The van der Waals surface area contributed by atoms with Crippen molar-refractivity contribution in [3.05, 3.63) is 16.1 Å². The molecule has 0 fully saturated rings. The van der Waals surface area contributed by atoms with Crippen LogP contribution in [0.15, 0.2) is 5.38 Å². The maximum Gasteiger partial charge on any atom is 0.121 e. The van der Waals surface area contributed by atoms with E-state index in [2.05, 4.69) is 18.8 Å². The van der Waals surface area contributed by atoms with Crippen molar-refractivity contribution in [2.24, 2.45) is 0 Å². The molecule has 2 atom stereocenters. The van der Waals surface area contributed by atoms with Gasteiger partial charge in [0.25, 0.3) is 0 Å². The molecule has 0 radical (unpaired) electrons. The Bertz CT molecular complexity index is 244. The van der Waals surface area contributed by atoms with Gasteiger partial charge in [-0.15, -0.1) is 11.3 Å². The summed E-state index contributed by atoms with van der Waals surface area (Å²) in [6.45, 7) is 6.05. The summed E-state index contributed by atoms with van der Waals surface area (Å²) in [5, 5.41) is 12.1. The zero-order chi connectivity index (χ0) is 9.14. The van der Waals surface area contributed by atoms with Gasteiger partial charge < -0.3 is 5.11 Å². The first-order valence-electron chi connectivity index (χ1n) is 4.28. The summed E-state index contributed by atoms with van der Waals surface area (Å²) in [5.74, 6) is 0.508. The third-order valence-corrected chi connectivity index (χ3v) is 3.05. The van der Waals surface area contributed by atoms with Crippen LogP contribution in [-0.2, 0) is 0 Å². The fraction of sp³-hybridized carbons (Fsp3) is 0.667. The van der Waals surface area contributed by atoms with E-state index < -0.39 is 6.10 Å². The highest BCUT2D eigenvalue weighted by molar-refractivity contribution is 7.09. The molecule has 0 aliphatic heterocycles. The molecule has 3 heteroatoms. The maximum absolute atomic E-state index is 9.24. The fourth-order valence-electron chi connectivity index (χ4n) is 0.928. The summed E-state index contributed by atoms with van der Waals surface area (Å²) < 4.78 is 0. The SMILES string of the molecule is CCC(C)c1csc(C(C)O)n1. The van der Waals surface area contributed by atoms with Gasteiger partial charge in [0, 0.05) is 5.38 Å². The molecule has 1 heterocycles. The van der Waals surface area contributed by atoms with Crippen molar-refractivity contribution < 1.29 is 5.11 Å². The van der Waals surface area contributed by atoms with Crippen molar-refractivity contribution in [2.45, 2.75) is 39.2 Å². The molecule has 1 aromatic rings. The number of aliphatic hydroxyl groups is 1. The molecule has 2 nitrogen and oxygen atoms in total. The first-order valence-corrected chi connectivity index (χ1v) is 5.16. The van der Waals surface area contributed by atoms with Crippen molar-refractivity contribution >= 4 is 11.3 Å². The zero-order valence-electron chi connectivity index (χ0n) is 7.74. The highest BCUT2D eigenvalue weighted by Crippen LogP contribution is 2.24. The molecule has 0 amide bonds. The first-order chi connectivity index (χ1) is 5.65. The van der Waals surface area contributed by atoms with Crippen LogP contribution < -0.4 is 0 Å².